The Labute approximate surface area is 53.6 Å². The van der Waals surface area contributed by atoms with Crippen molar-refractivity contribution in [3.8, 4) is 6.07 Å². The third kappa shape index (κ3) is 0.864. The lowest BCUT2D eigenvalue weighted by atomic mass is 10.1. The molecular weight excluding hydrogens is 116 g/mol. The third-order valence-corrected chi connectivity index (χ3v) is 1.36. The number of hydrazone groups is 1. The smallest absolute Gasteiger partial charge is 0.118 e. The summed E-state index contributed by atoms with van der Waals surface area (Å²) < 4.78 is 0. The van der Waals surface area contributed by atoms with E-state index in [2.05, 4.69) is 5.10 Å². The van der Waals surface area contributed by atoms with Gasteiger partial charge in [0.1, 0.15) is 12.1 Å². The minimum Gasteiger partial charge on any atom is -0.309 e. The molecule has 0 saturated carbocycles. The van der Waals surface area contributed by atoms with Crippen LogP contribution in [0.25, 0.3) is 0 Å². The van der Waals surface area contributed by atoms with Crippen LogP contribution in [0.3, 0.4) is 0 Å². The summed E-state index contributed by atoms with van der Waals surface area (Å²) in [5.41, 5.74) is 5.51. The molecule has 0 aromatic rings. The highest BCUT2D eigenvalue weighted by atomic mass is 15.5. The average Bonchev–Trinajstić information content (AvgIpc) is 2.15. The van der Waals surface area contributed by atoms with Gasteiger partial charge < -0.3 is 5.73 Å². The second kappa shape index (κ2) is 2.03. The summed E-state index contributed by atoms with van der Waals surface area (Å²) in [6.07, 6.45) is 1.31. The maximum atomic E-state index is 8.41. The van der Waals surface area contributed by atoms with Gasteiger partial charge in [0.05, 0.1) is 6.07 Å². The molecule has 0 saturated heterocycles. The zero-order valence-corrected chi connectivity index (χ0v) is 5.15. The van der Waals surface area contributed by atoms with Crippen molar-refractivity contribution < 1.29 is 0 Å². The van der Waals surface area contributed by atoms with Crippen LogP contribution < -0.4 is 5.73 Å². The Bertz CT molecular complexity index is 168. The maximum Gasteiger partial charge on any atom is 0.118 e. The van der Waals surface area contributed by atoms with Crippen molar-refractivity contribution in [2.24, 2.45) is 16.8 Å². The Balaban J connectivity index is 2.65. The Morgan fingerprint density at radius 2 is 2.56 bits per heavy atom. The number of nitriles is 1. The highest BCUT2D eigenvalue weighted by molar-refractivity contribution is 5.66. The number of nitrogens with zero attached hydrogens (tertiary/aromatic N) is 3. The van der Waals surface area contributed by atoms with Crippen LogP contribution in [0.1, 0.15) is 0 Å². The zero-order chi connectivity index (χ0) is 6.85. The molecule has 2 N–H and O–H groups in total. The fourth-order valence-electron chi connectivity index (χ4n) is 0.684. The summed E-state index contributed by atoms with van der Waals surface area (Å²) in [7, 11) is 1.75. The van der Waals surface area contributed by atoms with Gasteiger partial charge in [-0.1, -0.05) is 0 Å². The van der Waals surface area contributed by atoms with Gasteiger partial charge in [-0.05, 0) is 0 Å². The quantitative estimate of drug-likeness (QED) is 0.466. The van der Waals surface area contributed by atoms with E-state index in [1.807, 2.05) is 6.07 Å². The zero-order valence-electron chi connectivity index (χ0n) is 5.15. The first kappa shape index (κ1) is 6.05. The molecule has 0 aliphatic carbocycles. The van der Waals surface area contributed by atoms with Crippen LogP contribution in [0.4, 0.5) is 0 Å². The molecule has 1 rings (SSSR count). The van der Waals surface area contributed by atoms with E-state index in [1.54, 1.807) is 18.3 Å². The summed E-state index contributed by atoms with van der Waals surface area (Å²) >= 11 is 0. The van der Waals surface area contributed by atoms with Gasteiger partial charge in [0.2, 0.25) is 0 Å². The average molecular weight is 124 g/mol. The standard InChI is InChI=1S/C5H8N4/c1-9-5(7)4(2-6)3-8-9/h3-5H,7H2,1H3/t4-,5-/m0/s1. The third-order valence-electron chi connectivity index (χ3n) is 1.36. The summed E-state index contributed by atoms with van der Waals surface area (Å²) in [5, 5.41) is 13.8. The van der Waals surface area contributed by atoms with Gasteiger partial charge in [-0.3, -0.25) is 5.01 Å². The number of rotatable bonds is 0. The number of hydrogen-bond donors (Lipinski definition) is 1. The van der Waals surface area contributed by atoms with Crippen LogP contribution in [-0.2, 0) is 0 Å². The lowest BCUT2D eigenvalue weighted by Crippen LogP contribution is -2.37. The molecule has 1 heterocycles. The first-order valence-corrected chi connectivity index (χ1v) is 2.68. The van der Waals surface area contributed by atoms with Crippen molar-refractivity contribution in [1.82, 2.24) is 5.01 Å². The molecular formula is C5H8N4. The van der Waals surface area contributed by atoms with Crippen LogP contribution >= 0.6 is 0 Å². The summed E-state index contributed by atoms with van der Waals surface area (Å²) in [6.45, 7) is 0. The van der Waals surface area contributed by atoms with E-state index >= 15 is 0 Å². The van der Waals surface area contributed by atoms with E-state index in [1.165, 1.54) is 0 Å². The predicted molar refractivity (Wildman–Crippen MR) is 33.3 cm³/mol. The van der Waals surface area contributed by atoms with Gasteiger partial charge in [-0.2, -0.15) is 10.4 Å². The van der Waals surface area contributed by atoms with Gasteiger partial charge >= 0.3 is 0 Å². The molecule has 2 atom stereocenters. The van der Waals surface area contributed by atoms with Gasteiger partial charge in [0.25, 0.3) is 0 Å². The van der Waals surface area contributed by atoms with Crippen LogP contribution in [-0.4, -0.2) is 24.4 Å². The molecule has 9 heavy (non-hydrogen) atoms. The molecule has 1 aliphatic rings. The van der Waals surface area contributed by atoms with Crippen LogP contribution in [0.2, 0.25) is 0 Å². The van der Waals surface area contributed by atoms with Gasteiger partial charge in [-0.25, -0.2) is 0 Å². The van der Waals surface area contributed by atoms with Crippen molar-refractivity contribution in [3.63, 3.8) is 0 Å². The monoisotopic (exact) mass is 124 g/mol. The Morgan fingerprint density at radius 3 is 2.78 bits per heavy atom. The second-order valence-corrected chi connectivity index (χ2v) is 1.98. The van der Waals surface area contributed by atoms with E-state index < -0.39 is 0 Å². The van der Waals surface area contributed by atoms with Crippen molar-refractivity contribution >= 4 is 6.21 Å². The van der Waals surface area contributed by atoms with Crippen molar-refractivity contribution in [1.29, 1.82) is 5.26 Å². The SMILES string of the molecule is CN1N=C[C@H](C#N)[C@H]1N. The molecule has 0 radical (unpaired) electrons. The number of hydrogen-bond acceptors (Lipinski definition) is 4. The van der Waals surface area contributed by atoms with E-state index in [0.29, 0.717) is 0 Å². The molecule has 0 amide bonds. The molecule has 0 bridgehead atoms. The van der Waals surface area contributed by atoms with E-state index in [0.717, 1.165) is 0 Å². The molecule has 48 valence electrons. The minimum atomic E-state index is -0.255. The Morgan fingerprint density at radius 1 is 1.89 bits per heavy atom. The van der Waals surface area contributed by atoms with Crippen LogP contribution in [0.5, 0.6) is 0 Å². The van der Waals surface area contributed by atoms with Crippen molar-refractivity contribution in [2.75, 3.05) is 7.05 Å². The van der Waals surface area contributed by atoms with E-state index in [-0.39, 0.29) is 12.1 Å². The molecule has 0 aromatic carbocycles. The van der Waals surface area contributed by atoms with E-state index in [4.69, 9.17) is 11.0 Å². The fourth-order valence-corrected chi connectivity index (χ4v) is 0.684. The maximum absolute atomic E-state index is 8.41. The van der Waals surface area contributed by atoms with E-state index in [9.17, 15) is 0 Å². The molecule has 4 heteroatoms. The second-order valence-electron chi connectivity index (χ2n) is 1.98. The molecule has 0 spiro atoms. The fraction of sp³-hybridized carbons (Fsp3) is 0.600. The lowest BCUT2D eigenvalue weighted by molar-refractivity contribution is 0.271. The molecule has 0 aromatic heterocycles. The summed E-state index contributed by atoms with van der Waals surface area (Å²) in [6, 6.07) is 2.03. The van der Waals surface area contributed by atoms with Crippen molar-refractivity contribution in [3.05, 3.63) is 0 Å². The molecule has 4 nitrogen and oxygen atoms in total. The largest absolute Gasteiger partial charge is 0.309 e. The Kier molecular flexibility index (Phi) is 1.37. The first-order valence-electron chi connectivity index (χ1n) is 2.68. The predicted octanol–water partition coefficient (Wildman–Crippen LogP) is -0.658. The van der Waals surface area contributed by atoms with Gasteiger partial charge in [-0.15, -0.1) is 0 Å². The Hall–Kier alpha value is -1.08. The minimum absolute atomic E-state index is 0.241. The van der Waals surface area contributed by atoms with Crippen LogP contribution in [0, 0.1) is 17.2 Å². The number of nitrogens with two attached hydrogens (primary N) is 1. The van der Waals surface area contributed by atoms with Gasteiger partial charge in [0, 0.05) is 13.3 Å². The summed E-state index contributed by atoms with van der Waals surface area (Å²) in [4.78, 5) is 0. The molecule has 1 aliphatic heterocycles. The van der Waals surface area contributed by atoms with Crippen molar-refractivity contribution in [2.45, 2.75) is 6.17 Å². The van der Waals surface area contributed by atoms with Gasteiger partial charge in [0.15, 0.2) is 0 Å². The molecule has 0 unspecified atom stereocenters. The summed E-state index contributed by atoms with van der Waals surface area (Å²) in [5.74, 6) is -0.241. The highest BCUT2D eigenvalue weighted by Gasteiger charge is 2.23. The topological polar surface area (TPSA) is 65.4 Å². The highest BCUT2D eigenvalue weighted by Crippen LogP contribution is 2.08. The molecule has 0 fully saturated rings. The van der Waals surface area contributed by atoms with Crippen LogP contribution in [0.15, 0.2) is 5.10 Å². The first-order chi connectivity index (χ1) is 4.25. The normalized spacial score (nSPS) is 32.8. The lowest BCUT2D eigenvalue weighted by Gasteiger charge is -2.14.